The summed E-state index contributed by atoms with van der Waals surface area (Å²) in [5.41, 5.74) is 7.97. The lowest BCUT2D eigenvalue weighted by Gasteiger charge is -2.16. The Morgan fingerprint density at radius 3 is 1.27 bits per heavy atom. The fourth-order valence-corrected chi connectivity index (χ4v) is 7.36. The molecule has 6 rings (SSSR count). The van der Waals surface area contributed by atoms with Gasteiger partial charge in [0.2, 0.25) is 0 Å². The van der Waals surface area contributed by atoms with E-state index in [1.807, 2.05) is 43.2 Å². The van der Waals surface area contributed by atoms with Gasteiger partial charge in [-0.05, 0) is 48.2 Å². The fourth-order valence-electron chi connectivity index (χ4n) is 2.92. The van der Waals surface area contributed by atoms with Crippen LogP contribution in [0.2, 0.25) is 0 Å². The van der Waals surface area contributed by atoms with Crippen molar-refractivity contribution in [1.29, 1.82) is 0 Å². The van der Waals surface area contributed by atoms with Gasteiger partial charge in [-0.25, -0.2) is 0 Å². The van der Waals surface area contributed by atoms with Crippen molar-refractivity contribution >= 4 is 43.2 Å². The van der Waals surface area contributed by atoms with Gasteiger partial charge in [-0.1, -0.05) is 55.3 Å². The van der Waals surface area contributed by atoms with Crippen LogP contribution in [0.25, 0.3) is 0 Å². The van der Waals surface area contributed by atoms with Gasteiger partial charge in [0.05, 0.1) is 14.2 Å². The van der Waals surface area contributed by atoms with E-state index in [1.54, 1.807) is 14.2 Å². The minimum absolute atomic E-state index is 0.941. The quantitative estimate of drug-likeness (QED) is 0.490. The molecule has 2 nitrogen and oxygen atoms in total. The molecular formula is C20H24O2S4. The molecule has 0 N–H and O–H groups in total. The third-order valence-corrected chi connectivity index (χ3v) is 8.97. The number of rotatable bonds is 2. The molecule has 0 fully saturated rings. The standard InChI is InChI=1S/C20H24O2S4/c1-13-5-17-11-25-26-12-18-6-14(2)16(8-20(18)22-4)10-24-23-9-15(13)7-19(17)21-3/h5-8H,9-12H2,1-4H3. The third kappa shape index (κ3) is 4.83. The predicted octanol–water partition coefficient (Wildman–Crippen LogP) is 6.80. The molecule has 0 amide bonds. The van der Waals surface area contributed by atoms with Gasteiger partial charge in [0.25, 0.3) is 0 Å². The van der Waals surface area contributed by atoms with Crippen LogP contribution in [0.15, 0.2) is 24.3 Å². The van der Waals surface area contributed by atoms with E-state index in [1.165, 1.54) is 33.4 Å². The molecule has 4 bridgehead atoms. The van der Waals surface area contributed by atoms with Crippen LogP contribution in [-0.4, -0.2) is 14.2 Å². The highest BCUT2D eigenvalue weighted by atomic mass is 33.1. The Morgan fingerprint density at radius 2 is 0.923 bits per heavy atom. The number of aryl methyl sites for hydroxylation is 2. The summed E-state index contributed by atoms with van der Waals surface area (Å²) in [5, 5.41) is 0. The van der Waals surface area contributed by atoms with E-state index in [2.05, 4.69) is 38.1 Å². The van der Waals surface area contributed by atoms with Crippen molar-refractivity contribution in [1.82, 2.24) is 0 Å². The van der Waals surface area contributed by atoms with Crippen LogP contribution in [0.4, 0.5) is 0 Å². The Morgan fingerprint density at radius 1 is 0.577 bits per heavy atom. The monoisotopic (exact) mass is 424 g/mol. The van der Waals surface area contributed by atoms with Crippen LogP contribution in [-0.2, 0) is 23.0 Å². The molecule has 2 aromatic rings. The summed E-state index contributed by atoms with van der Waals surface area (Å²) in [6.45, 7) is 4.41. The molecule has 0 saturated heterocycles. The minimum Gasteiger partial charge on any atom is -0.496 e. The molecule has 26 heavy (non-hydrogen) atoms. The molecule has 0 saturated carbocycles. The number of hydrogen-bond donors (Lipinski definition) is 0. The molecule has 2 aromatic carbocycles. The number of ether oxygens (including phenoxy) is 2. The number of benzene rings is 2. The van der Waals surface area contributed by atoms with E-state index in [4.69, 9.17) is 9.47 Å². The fraction of sp³-hybridized carbons (Fsp3) is 0.400. The molecule has 140 valence electrons. The van der Waals surface area contributed by atoms with Crippen molar-refractivity contribution in [2.75, 3.05) is 14.2 Å². The Labute approximate surface area is 172 Å². The maximum absolute atomic E-state index is 5.65. The summed E-state index contributed by atoms with van der Waals surface area (Å²) < 4.78 is 11.3. The van der Waals surface area contributed by atoms with Gasteiger partial charge in [-0.3, -0.25) is 0 Å². The molecule has 4 aliphatic rings. The zero-order valence-electron chi connectivity index (χ0n) is 15.6. The summed E-state index contributed by atoms with van der Waals surface area (Å²) in [7, 11) is 11.1. The summed E-state index contributed by atoms with van der Waals surface area (Å²) in [6.07, 6.45) is 0. The topological polar surface area (TPSA) is 18.5 Å². The van der Waals surface area contributed by atoms with Gasteiger partial charge in [0.15, 0.2) is 0 Å². The summed E-state index contributed by atoms with van der Waals surface area (Å²) in [4.78, 5) is 0. The average molecular weight is 425 g/mol. The second-order valence-corrected chi connectivity index (χ2v) is 11.2. The molecule has 0 aliphatic carbocycles. The Bertz CT molecular complexity index is 711. The van der Waals surface area contributed by atoms with Crippen LogP contribution in [0, 0.1) is 13.8 Å². The first-order valence-electron chi connectivity index (χ1n) is 8.44. The summed E-state index contributed by atoms with van der Waals surface area (Å²) in [5.74, 6) is 5.88. The zero-order valence-corrected chi connectivity index (χ0v) is 18.9. The second kappa shape index (κ2) is 9.58. The third-order valence-electron chi connectivity index (χ3n) is 4.50. The van der Waals surface area contributed by atoms with E-state index in [-0.39, 0.29) is 0 Å². The number of hydrogen-bond acceptors (Lipinski definition) is 6. The van der Waals surface area contributed by atoms with Gasteiger partial charge in [0, 0.05) is 34.1 Å². The lowest BCUT2D eigenvalue weighted by molar-refractivity contribution is 0.410. The van der Waals surface area contributed by atoms with Crippen LogP contribution in [0.3, 0.4) is 0 Å². The van der Waals surface area contributed by atoms with Gasteiger partial charge in [-0.15, -0.1) is 0 Å². The Hall–Kier alpha value is -0.560. The van der Waals surface area contributed by atoms with Crippen molar-refractivity contribution in [3.63, 3.8) is 0 Å². The maximum atomic E-state index is 5.65. The van der Waals surface area contributed by atoms with Crippen LogP contribution in [0.1, 0.15) is 33.4 Å². The Balaban J connectivity index is 1.88. The molecular weight excluding hydrogens is 400 g/mol. The van der Waals surface area contributed by atoms with E-state index >= 15 is 0 Å². The van der Waals surface area contributed by atoms with Crippen molar-refractivity contribution in [3.8, 4) is 11.5 Å². The van der Waals surface area contributed by atoms with Crippen molar-refractivity contribution in [2.45, 2.75) is 36.9 Å². The molecule has 0 atom stereocenters. The first-order valence-corrected chi connectivity index (χ1v) is 13.4. The normalized spacial score (nSPS) is 15.2. The summed E-state index contributed by atoms with van der Waals surface area (Å²) in [6, 6.07) is 9.02. The molecule has 0 spiro atoms. The molecule has 6 heteroatoms. The van der Waals surface area contributed by atoms with Gasteiger partial charge >= 0.3 is 0 Å². The smallest absolute Gasteiger partial charge is 0.123 e. The highest BCUT2D eigenvalue weighted by molar-refractivity contribution is 8.76. The Kier molecular flexibility index (Phi) is 7.44. The van der Waals surface area contributed by atoms with Gasteiger partial charge in [-0.2, -0.15) is 0 Å². The molecule has 0 radical (unpaired) electrons. The molecule has 4 heterocycles. The van der Waals surface area contributed by atoms with E-state index in [0.29, 0.717) is 0 Å². The molecule has 4 aliphatic heterocycles. The van der Waals surface area contributed by atoms with Crippen LogP contribution >= 0.6 is 43.2 Å². The first-order chi connectivity index (χ1) is 12.6. The van der Waals surface area contributed by atoms with Crippen molar-refractivity contribution < 1.29 is 9.47 Å². The van der Waals surface area contributed by atoms with E-state index in [9.17, 15) is 0 Å². The van der Waals surface area contributed by atoms with Crippen LogP contribution < -0.4 is 9.47 Å². The first kappa shape index (κ1) is 20.2. The zero-order chi connectivity index (χ0) is 18.5. The predicted molar refractivity (Wildman–Crippen MR) is 121 cm³/mol. The average Bonchev–Trinajstić information content (AvgIpc) is 2.63. The number of methoxy groups -OCH3 is 2. The lowest BCUT2D eigenvalue weighted by Crippen LogP contribution is -1.97. The highest BCUT2D eigenvalue weighted by Crippen LogP contribution is 2.39. The minimum atomic E-state index is 0.941. The van der Waals surface area contributed by atoms with Gasteiger partial charge < -0.3 is 9.47 Å². The van der Waals surface area contributed by atoms with Crippen LogP contribution in [0.5, 0.6) is 11.5 Å². The second-order valence-electron chi connectivity index (χ2n) is 6.23. The molecule has 0 unspecified atom stereocenters. The molecule has 0 aromatic heterocycles. The maximum Gasteiger partial charge on any atom is 0.123 e. The van der Waals surface area contributed by atoms with E-state index in [0.717, 1.165) is 34.5 Å². The van der Waals surface area contributed by atoms with Gasteiger partial charge in [0.1, 0.15) is 11.5 Å². The highest BCUT2D eigenvalue weighted by Gasteiger charge is 2.13. The van der Waals surface area contributed by atoms with Crippen molar-refractivity contribution in [3.05, 3.63) is 57.6 Å². The SMILES string of the molecule is COc1cc2c(C)cc1CSSCc1cc(C)c(cc1OC)CSSC2. The largest absolute Gasteiger partial charge is 0.496 e. The lowest BCUT2D eigenvalue weighted by atomic mass is 10.1. The van der Waals surface area contributed by atoms with Crippen molar-refractivity contribution in [2.24, 2.45) is 0 Å². The van der Waals surface area contributed by atoms with E-state index < -0.39 is 0 Å². The summed E-state index contributed by atoms with van der Waals surface area (Å²) >= 11 is 0.